The Labute approximate surface area is 142 Å². The van der Waals surface area contributed by atoms with Gasteiger partial charge in [0.05, 0.1) is 12.2 Å². The quantitative estimate of drug-likeness (QED) is 0.560. The van der Waals surface area contributed by atoms with Crippen molar-refractivity contribution in [2.45, 2.75) is 27.2 Å². The van der Waals surface area contributed by atoms with E-state index in [1.54, 1.807) is 7.11 Å². The van der Waals surface area contributed by atoms with Crippen LogP contribution in [0.1, 0.15) is 38.8 Å². The number of aromatic nitrogens is 1. The third-order valence-corrected chi connectivity index (χ3v) is 3.28. The maximum absolute atomic E-state index is 9.22. The van der Waals surface area contributed by atoms with Gasteiger partial charge in [-0.15, -0.1) is 0 Å². The van der Waals surface area contributed by atoms with Crippen molar-refractivity contribution >= 4 is 23.1 Å². The minimum absolute atomic E-state index is 0.209. The van der Waals surface area contributed by atoms with Crippen molar-refractivity contribution in [3.05, 3.63) is 40.4 Å². The third-order valence-electron chi connectivity index (χ3n) is 2.81. The Balaban J connectivity index is 3.06. The number of hydrogen-bond acceptors (Lipinski definition) is 5. The number of methoxy groups -OCH3 is 1. The van der Waals surface area contributed by atoms with Crippen molar-refractivity contribution in [2.75, 3.05) is 25.6 Å². The van der Waals surface area contributed by atoms with Gasteiger partial charge in [-0.25, -0.2) is 0 Å². The van der Waals surface area contributed by atoms with Gasteiger partial charge >= 0.3 is 0 Å². The maximum Gasteiger partial charge on any atom is 0.232 e. The number of nitrogens with one attached hydrogen (secondary N) is 1. The lowest BCUT2D eigenvalue weighted by Crippen LogP contribution is -1.99. The van der Waals surface area contributed by atoms with E-state index in [4.69, 9.17) is 20.8 Å². The van der Waals surface area contributed by atoms with Crippen LogP contribution >= 0.6 is 11.6 Å². The molecule has 0 saturated heterocycles. The highest BCUT2D eigenvalue weighted by molar-refractivity contribution is 6.33. The Morgan fingerprint density at radius 3 is 2.74 bits per heavy atom. The zero-order chi connectivity index (χ0) is 17.2. The summed E-state index contributed by atoms with van der Waals surface area (Å²) in [6.45, 7) is 6.93. The van der Waals surface area contributed by atoms with Crippen LogP contribution in [0.5, 0.6) is 0 Å². The second-order valence-electron chi connectivity index (χ2n) is 5.01. The summed E-state index contributed by atoms with van der Waals surface area (Å²) in [4.78, 5) is 4.24. The fourth-order valence-corrected chi connectivity index (χ4v) is 1.90. The van der Waals surface area contributed by atoms with Crippen LogP contribution in [-0.2, 0) is 4.74 Å². The van der Waals surface area contributed by atoms with Crippen molar-refractivity contribution in [2.24, 2.45) is 0 Å². The highest BCUT2D eigenvalue weighted by atomic mass is 35.5. The number of nitrogens with zero attached hydrogens (tertiary/aromatic N) is 2. The molecule has 0 spiro atoms. The minimum Gasteiger partial charge on any atom is -0.419 e. The molecule has 5 nitrogen and oxygen atoms in total. The number of anilines is 1. The van der Waals surface area contributed by atoms with Gasteiger partial charge in [0.15, 0.2) is 0 Å². The lowest BCUT2D eigenvalue weighted by Gasteiger charge is -2.02. The van der Waals surface area contributed by atoms with E-state index >= 15 is 0 Å². The van der Waals surface area contributed by atoms with Crippen molar-refractivity contribution in [1.82, 2.24) is 4.98 Å². The SMILES string of the molecule is CC/C(Cl)=C(\C=C(C)C)c1nc(C#N)c(NC/C=C/COC)o1. The number of rotatable bonds is 8. The predicted octanol–water partition coefficient (Wildman–Crippen LogP) is 4.49. The van der Waals surface area contributed by atoms with E-state index in [0.717, 1.165) is 5.57 Å². The van der Waals surface area contributed by atoms with E-state index in [9.17, 15) is 5.26 Å². The first-order chi connectivity index (χ1) is 11.0. The van der Waals surface area contributed by atoms with Crippen molar-refractivity contribution in [3.63, 3.8) is 0 Å². The van der Waals surface area contributed by atoms with Crippen LogP contribution in [0.2, 0.25) is 0 Å². The number of allylic oxidation sites excluding steroid dienone is 4. The Morgan fingerprint density at radius 1 is 1.43 bits per heavy atom. The first-order valence-electron chi connectivity index (χ1n) is 7.36. The summed E-state index contributed by atoms with van der Waals surface area (Å²) < 4.78 is 10.6. The molecule has 0 bridgehead atoms. The maximum atomic E-state index is 9.22. The standard InChI is InChI=1S/C17H22ClN3O2/c1-5-14(18)13(10-12(2)3)16-21-15(11-19)17(23-16)20-8-6-7-9-22-4/h6-7,10,20H,5,8-9H2,1-4H3/b7-6+,14-13-. The number of hydrogen-bond donors (Lipinski definition) is 1. The zero-order valence-corrected chi connectivity index (χ0v) is 14.7. The molecule has 124 valence electrons. The molecule has 0 atom stereocenters. The molecule has 0 amide bonds. The summed E-state index contributed by atoms with van der Waals surface area (Å²) in [5.74, 6) is 0.683. The summed E-state index contributed by atoms with van der Waals surface area (Å²) in [6, 6.07) is 2.03. The van der Waals surface area contributed by atoms with Gasteiger partial charge in [0.25, 0.3) is 0 Å². The molecule has 23 heavy (non-hydrogen) atoms. The first-order valence-corrected chi connectivity index (χ1v) is 7.73. The summed E-state index contributed by atoms with van der Waals surface area (Å²) in [7, 11) is 1.63. The van der Waals surface area contributed by atoms with E-state index in [1.807, 2.05) is 45.1 Å². The molecule has 1 rings (SSSR count). The number of halogens is 1. The van der Waals surface area contributed by atoms with Crippen LogP contribution in [0.15, 0.2) is 33.3 Å². The first kappa shape index (κ1) is 19.0. The van der Waals surface area contributed by atoms with Gasteiger partial charge in [-0.2, -0.15) is 10.2 Å². The number of ether oxygens (including phenoxy) is 1. The van der Waals surface area contributed by atoms with Crippen LogP contribution in [0, 0.1) is 11.3 Å². The van der Waals surface area contributed by atoms with Crippen molar-refractivity contribution < 1.29 is 9.15 Å². The Hall–Kier alpha value is -2.03. The Kier molecular flexibility index (Phi) is 8.17. The van der Waals surface area contributed by atoms with Crippen LogP contribution < -0.4 is 5.32 Å². The zero-order valence-electron chi connectivity index (χ0n) is 13.9. The highest BCUT2D eigenvalue weighted by Gasteiger charge is 2.16. The highest BCUT2D eigenvalue weighted by Crippen LogP contribution is 2.29. The molecule has 0 fully saturated rings. The second-order valence-corrected chi connectivity index (χ2v) is 5.47. The fourth-order valence-electron chi connectivity index (χ4n) is 1.77. The summed E-state index contributed by atoms with van der Waals surface area (Å²) in [5.41, 5.74) is 1.98. The molecule has 0 aliphatic rings. The number of nitriles is 1. The Morgan fingerprint density at radius 2 is 2.17 bits per heavy atom. The van der Waals surface area contributed by atoms with Gasteiger partial charge in [0.1, 0.15) is 6.07 Å². The van der Waals surface area contributed by atoms with Crippen LogP contribution in [0.3, 0.4) is 0 Å². The average Bonchev–Trinajstić information content (AvgIpc) is 2.94. The van der Waals surface area contributed by atoms with Gasteiger partial charge < -0.3 is 14.5 Å². The Bertz CT molecular complexity index is 647. The summed E-state index contributed by atoms with van der Waals surface area (Å²) >= 11 is 6.28. The molecule has 0 aliphatic carbocycles. The third kappa shape index (κ3) is 5.93. The second kappa shape index (κ2) is 9.88. The molecule has 1 heterocycles. The fraction of sp³-hybridized carbons (Fsp3) is 0.412. The molecule has 0 aliphatic heterocycles. The van der Waals surface area contributed by atoms with E-state index in [-0.39, 0.29) is 5.69 Å². The lowest BCUT2D eigenvalue weighted by atomic mass is 10.1. The molecule has 0 saturated carbocycles. The van der Waals surface area contributed by atoms with E-state index in [1.165, 1.54) is 0 Å². The minimum atomic E-state index is 0.209. The summed E-state index contributed by atoms with van der Waals surface area (Å²) in [5, 5.41) is 12.9. The number of oxazole rings is 1. The molecule has 0 radical (unpaired) electrons. The van der Waals surface area contributed by atoms with Gasteiger partial charge in [0.2, 0.25) is 17.5 Å². The normalized spacial score (nSPS) is 12.0. The predicted molar refractivity (Wildman–Crippen MR) is 93.2 cm³/mol. The van der Waals surface area contributed by atoms with Gasteiger partial charge in [-0.1, -0.05) is 36.2 Å². The molecular formula is C17H22ClN3O2. The van der Waals surface area contributed by atoms with Crippen molar-refractivity contribution in [1.29, 1.82) is 5.26 Å². The molecule has 0 unspecified atom stereocenters. The largest absolute Gasteiger partial charge is 0.419 e. The topological polar surface area (TPSA) is 71.1 Å². The molecular weight excluding hydrogens is 314 g/mol. The van der Waals surface area contributed by atoms with Crippen LogP contribution in [0.25, 0.3) is 5.57 Å². The van der Waals surface area contributed by atoms with Gasteiger partial charge in [-0.05, 0) is 26.3 Å². The van der Waals surface area contributed by atoms with Crippen LogP contribution in [0.4, 0.5) is 5.88 Å². The monoisotopic (exact) mass is 335 g/mol. The molecule has 1 aromatic rings. The van der Waals surface area contributed by atoms with Crippen LogP contribution in [-0.4, -0.2) is 25.2 Å². The lowest BCUT2D eigenvalue weighted by molar-refractivity contribution is 0.233. The van der Waals surface area contributed by atoms with Crippen molar-refractivity contribution in [3.8, 4) is 6.07 Å². The van der Waals surface area contributed by atoms with E-state index in [2.05, 4.69) is 10.3 Å². The molecule has 6 heteroatoms. The average molecular weight is 336 g/mol. The smallest absolute Gasteiger partial charge is 0.232 e. The van der Waals surface area contributed by atoms with E-state index in [0.29, 0.717) is 42.0 Å². The van der Waals surface area contributed by atoms with Gasteiger partial charge in [-0.3, -0.25) is 0 Å². The molecule has 1 N–H and O–H groups in total. The van der Waals surface area contributed by atoms with E-state index < -0.39 is 0 Å². The molecule has 0 aromatic carbocycles. The van der Waals surface area contributed by atoms with Gasteiger partial charge in [0, 0.05) is 18.7 Å². The molecule has 1 aromatic heterocycles. The summed E-state index contributed by atoms with van der Waals surface area (Å²) in [6.07, 6.45) is 6.33.